The van der Waals surface area contributed by atoms with E-state index in [4.69, 9.17) is 9.47 Å². The van der Waals surface area contributed by atoms with E-state index in [9.17, 15) is 9.59 Å². The molecule has 0 radical (unpaired) electrons. The number of hydrogen-bond acceptors (Lipinski definition) is 7. The van der Waals surface area contributed by atoms with Gasteiger partial charge in [0.1, 0.15) is 0 Å². The van der Waals surface area contributed by atoms with Crippen molar-refractivity contribution in [2.75, 3.05) is 0 Å². The Kier molecular flexibility index (Phi) is 8.01. The number of hydrogen-bond donors (Lipinski definition) is 0. The maximum atomic E-state index is 14.2. The van der Waals surface area contributed by atoms with Crippen LogP contribution in [0.25, 0.3) is 5.69 Å². The fourth-order valence-electron chi connectivity index (χ4n) is 5.47. The number of aromatic nitrogens is 4. The fourth-order valence-corrected chi connectivity index (χ4v) is 7.85. The normalized spacial score (nSPS) is 15.2. The quantitative estimate of drug-likeness (QED) is 0.143. The summed E-state index contributed by atoms with van der Waals surface area (Å²) in [4.78, 5) is 32.3. The van der Waals surface area contributed by atoms with Gasteiger partial charge in [-0.05, 0) is 0 Å². The number of ether oxygens (including phenoxy) is 2. The van der Waals surface area contributed by atoms with E-state index < -0.39 is 4.50 Å². The molecule has 1 atom stereocenters. The summed E-state index contributed by atoms with van der Waals surface area (Å²) in [5.41, 5.74) is 3.71. The van der Waals surface area contributed by atoms with Crippen molar-refractivity contribution >= 4 is 31.0 Å². The summed E-state index contributed by atoms with van der Waals surface area (Å²) in [6, 6.07) is 33.5. The molecule has 0 saturated carbocycles. The van der Waals surface area contributed by atoms with Crippen molar-refractivity contribution in [2.24, 2.45) is 0 Å². The Morgan fingerprint density at radius 1 is 0.848 bits per heavy atom. The van der Waals surface area contributed by atoms with E-state index in [1.54, 1.807) is 53.6 Å². The fraction of sp³-hybridized carbons (Fsp3) is 0.108. The van der Waals surface area contributed by atoms with Gasteiger partial charge in [-0.3, -0.25) is 4.98 Å². The van der Waals surface area contributed by atoms with Gasteiger partial charge in [0.25, 0.3) is 0 Å². The molecule has 4 aromatic carbocycles. The van der Waals surface area contributed by atoms with E-state index in [-0.39, 0.29) is 33.1 Å². The van der Waals surface area contributed by atoms with E-state index in [0.717, 1.165) is 10.1 Å². The van der Waals surface area contributed by atoms with Crippen molar-refractivity contribution in [3.05, 3.63) is 161 Å². The van der Waals surface area contributed by atoms with Gasteiger partial charge in [0.15, 0.2) is 0 Å². The summed E-state index contributed by atoms with van der Waals surface area (Å²) in [5, 5.41) is 8.55. The Hall–Kier alpha value is -5.37. The third kappa shape index (κ3) is 5.98. The van der Waals surface area contributed by atoms with Crippen LogP contribution in [0.5, 0.6) is 11.5 Å². The topological polar surface area (TPSA) is 96.2 Å². The Bertz CT molecular complexity index is 2020. The van der Waals surface area contributed by atoms with Gasteiger partial charge in [-0.25, -0.2) is 0 Å². The summed E-state index contributed by atoms with van der Waals surface area (Å²) in [5.74, 6) is 0.374. The first-order valence-corrected chi connectivity index (χ1v) is 16.5. The van der Waals surface area contributed by atoms with Crippen LogP contribution in [0.15, 0.2) is 128 Å². The van der Waals surface area contributed by atoms with Gasteiger partial charge in [-0.2, -0.15) is 0 Å². The van der Waals surface area contributed by atoms with Gasteiger partial charge in [0.05, 0.1) is 0 Å². The van der Waals surface area contributed by atoms with Gasteiger partial charge in [0.2, 0.25) is 0 Å². The van der Waals surface area contributed by atoms with Crippen molar-refractivity contribution in [3.8, 4) is 17.2 Å². The molecule has 6 aromatic rings. The standard InChI is InChI=1S/C37H28N4O4Se/c1-37(46-29-15-9-4-10-16-29)22-32-35(44-24-27-23-41(40-39-27)28-17-19-38-20-18-28)30(33(42)25-11-5-2-6-12-25)21-31(36(32)45-37)34(43)26-13-7-3-8-14-26/h2-21,23H,22,24H2,1H3. The van der Waals surface area contributed by atoms with Crippen LogP contribution in [0.4, 0.5) is 0 Å². The predicted molar refractivity (Wildman–Crippen MR) is 174 cm³/mol. The van der Waals surface area contributed by atoms with Crippen molar-refractivity contribution in [2.45, 2.75) is 24.5 Å². The third-order valence-electron chi connectivity index (χ3n) is 7.61. The minimum absolute atomic E-state index is 0.0547. The zero-order chi connectivity index (χ0) is 31.5. The molecule has 0 fully saturated rings. The molecule has 7 rings (SSSR count). The summed E-state index contributed by atoms with van der Waals surface area (Å²) in [6.07, 6.45) is 5.61. The Balaban J connectivity index is 1.33. The number of nitrogens with zero attached hydrogens (tertiary/aromatic N) is 4. The van der Waals surface area contributed by atoms with E-state index in [1.807, 2.05) is 66.7 Å². The molecule has 0 spiro atoms. The van der Waals surface area contributed by atoms with E-state index >= 15 is 0 Å². The Labute approximate surface area is 272 Å². The molecule has 3 heterocycles. The molecule has 8 nitrogen and oxygen atoms in total. The molecule has 1 aliphatic rings. The van der Waals surface area contributed by atoms with Crippen LogP contribution in [0, 0.1) is 0 Å². The SMILES string of the molecule is CC1([Se]c2ccccc2)Cc2c(OCc3cn(-c4ccncc4)nn3)c(C(=O)c3ccccc3)cc(C(=O)c3ccccc3)c2O1. The van der Waals surface area contributed by atoms with Crippen molar-refractivity contribution in [1.82, 2.24) is 20.0 Å². The zero-order valence-electron chi connectivity index (χ0n) is 24.9. The van der Waals surface area contributed by atoms with Crippen LogP contribution in [0.2, 0.25) is 0 Å². The monoisotopic (exact) mass is 672 g/mol. The predicted octanol–water partition coefficient (Wildman–Crippen LogP) is 5.38. The number of pyridine rings is 1. The number of fused-ring (bicyclic) bond motifs is 1. The number of benzene rings is 4. The molecule has 0 N–H and O–H groups in total. The Morgan fingerprint density at radius 3 is 2.11 bits per heavy atom. The van der Waals surface area contributed by atoms with E-state index in [0.29, 0.717) is 51.4 Å². The van der Waals surface area contributed by atoms with Crippen molar-refractivity contribution < 1.29 is 19.1 Å². The van der Waals surface area contributed by atoms with Gasteiger partial charge >= 0.3 is 268 Å². The van der Waals surface area contributed by atoms with E-state index in [2.05, 4.69) is 34.4 Å². The van der Waals surface area contributed by atoms with Crippen LogP contribution in [0.1, 0.15) is 50.0 Å². The number of ketones is 2. The second-order valence-electron chi connectivity index (χ2n) is 11.0. The third-order valence-corrected chi connectivity index (χ3v) is 10.1. The van der Waals surface area contributed by atoms with Gasteiger partial charge < -0.3 is 0 Å². The number of carbonyl (C=O) groups excluding carboxylic acids is 2. The van der Waals surface area contributed by atoms with Gasteiger partial charge in [-0.15, -0.1) is 0 Å². The minimum atomic E-state index is -0.626. The van der Waals surface area contributed by atoms with Crippen LogP contribution in [-0.4, -0.2) is 51.0 Å². The maximum absolute atomic E-state index is 14.2. The Morgan fingerprint density at radius 2 is 1.46 bits per heavy atom. The summed E-state index contributed by atoms with van der Waals surface area (Å²) in [6.45, 7) is 2.11. The molecule has 226 valence electrons. The number of rotatable bonds is 10. The molecule has 0 bridgehead atoms. The number of carbonyl (C=O) groups is 2. The average Bonchev–Trinajstić information content (AvgIpc) is 3.72. The molecular formula is C37H28N4O4Se. The first-order valence-electron chi connectivity index (χ1n) is 14.7. The molecule has 9 heteroatoms. The molecule has 0 saturated heterocycles. The molecule has 1 unspecified atom stereocenters. The molecular weight excluding hydrogens is 643 g/mol. The van der Waals surface area contributed by atoms with Crippen molar-refractivity contribution in [3.63, 3.8) is 0 Å². The van der Waals surface area contributed by atoms with Crippen LogP contribution in [-0.2, 0) is 13.0 Å². The van der Waals surface area contributed by atoms with Gasteiger partial charge in [0, 0.05) is 0 Å². The first kappa shape index (κ1) is 29.3. The second kappa shape index (κ2) is 12.6. The summed E-state index contributed by atoms with van der Waals surface area (Å²) in [7, 11) is 0. The van der Waals surface area contributed by atoms with Crippen LogP contribution < -0.4 is 13.9 Å². The average molecular weight is 672 g/mol. The van der Waals surface area contributed by atoms with Crippen LogP contribution >= 0.6 is 0 Å². The zero-order valence-corrected chi connectivity index (χ0v) is 26.6. The molecule has 46 heavy (non-hydrogen) atoms. The summed E-state index contributed by atoms with van der Waals surface area (Å²) < 4.78 is 15.4. The molecule has 0 amide bonds. The molecule has 2 aromatic heterocycles. The van der Waals surface area contributed by atoms with Crippen molar-refractivity contribution in [1.29, 1.82) is 0 Å². The molecule has 1 aliphatic heterocycles. The van der Waals surface area contributed by atoms with E-state index in [1.165, 1.54) is 0 Å². The van der Waals surface area contributed by atoms with Gasteiger partial charge in [-0.1, -0.05) is 0 Å². The summed E-state index contributed by atoms with van der Waals surface area (Å²) >= 11 is -0.117. The first-order chi connectivity index (χ1) is 22.5. The second-order valence-corrected chi connectivity index (χ2v) is 14.2. The van der Waals surface area contributed by atoms with Crippen LogP contribution in [0.3, 0.4) is 0 Å². The molecule has 0 aliphatic carbocycles.